The summed E-state index contributed by atoms with van der Waals surface area (Å²) in [5.41, 5.74) is 0.544. The van der Waals surface area contributed by atoms with Gasteiger partial charge in [-0.2, -0.15) is 0 Å². The van der Waals surface area contributed by atoms with Gasteiger partial charge in [0.1, 0.15) is 11.5 Å². The Hall–Kier alpha value is -2.83. The minimum atomic E-state index is -0.0388. The predicted octanol–water partition coefficient (Wildman–Crippen LogP) is 1.46. The first-order chi connectivity index (χ1) is 11.7. The summed E-state index contributed by atoms with van der Waals surface area (Å²) < 4.78 is 10.5. The molecule has 1 aromatic heterocycles. The zero-order chi connectivity index (χ0) is 16.9. The van der Waals surface area contributed by atoms with Crippen LogP contribution in [0.4, 0.5) is 5.95 Å². The summed E-state index contributed by atoms with van der Waals surface area (Å²) in [5, 5.41) is 0. The van der Waals surface area contributed by atoms with Gasteiger partial charge in [0.15, 0.2) is 0 Å². The summed E-state index contributed by atoms with van der Waals surface area (Å²) in [4.78, 5) is 25.2. The molecule has 126 valence electrons. The van der Waals surface area contributed by atoms with E-state index in [0.29, 0.717) is 49.2 Å². The van der Waals surface area contributed by atoms with Gasteiger partial charge in [-0.25, -0.2) is 9.97 Å². The van der Waals surface area contributed by atoms with E-state index in [4.69, 9.17) is 9.47 Å². The Morgan fingerprint density at radius 2 is 1.75 bits per heavy atom. The van der Waals surface area contributed by atoms with Crippen molar-refractivity contribution < 1.29 is 14.3 Å². The molecule has 0 N–H and O–H groups in total. The second-order valence-electron chi connectivity index (χ2n) is 5.39. The molecule has 24 heavy (non-hydrogen) atoms. The molecular weight excluding hydrogens is 308 g/mol. The zero-order valence-corrected chi connectivity index (χ0v) is 13.8. The molecule has 7 nitrogen and oxygen atoms in total. The van der Waals surface area contributed by atoms with E-state index in [-0.39, 0.29) is 5.91 Å². The van der Waals surface area contributed by atoms with Gasteiger partial charge in [0.25, 0.3) is 5.91 Å². The van der Waals surface area contributed by atoms with Crippen LogP contribution in [0.5, 0.6) is 11.5 Å². The minimum absolute atomic E-state index is 0.0388. The number of rotatable bonds is 4. The highest BCUT2D eigenvalue weighted by atomic mass is 16.5. The highest BCUT2D eigenvalue weighted by molar-refractivity contribution is 5.97. The number of anilines is 1. The average molecular weight is 328 g/mol. The SMILES string of the molecule is COc1ccc(C(=O)N2CCN(c3ncccn3)CC2)c(OC)c1. The monoisotopic (exact) mass is 328 g/mol. The van der Waals surface area contributed by atoms with Gasteiger partial charge in [-0.15, -0.1) is 0 Å². The molecule has 0 radical (unpaired) electrons. The fraction of sp³-hybridized carbons (Fsp3) is 0.353. The van der Waals surface area contributed by atoms with Crippen molar-refractivity contribution in [3.8, 4) is 11.5 Å². The standard InChI is InChI=1S/C17H20N4O3/c1-23-13-4-5-14(15(12-13)24-2)16(22)20-8-10-21(11-9-20)17-18-6-3-7-19-17/h3-7,12H,8-11H2,1-2H3. The first-order valence-electron chi connectivity index (χ1n) is 7.76. The number of nitrogens with zero attached hydrogens (tertiary/aromatic N) is 4. The van der Waals surface area contributed by atoms with Crippen LogP contribution in [0.1, 0.15) is 10.4 Å². The van der Waals surface area contributed by atoms with Crippen molar-refractivity contribution in [3.63, 3.8) is 0 Å². The lowest BCUT2D eigenvalue weighted by Gasteiger charge is -2.34. The number of methoxy groups -OCH3 is 2. The maximum absolute atomic E-state index is 12.8. The summed E-state index contributed by atoms with van der Waals surface area (Å²) in [7, 11) is 3.14. The van der Waals surface area contributed by atoms with E-state index >= 15 is 0 Å². The molecule has 0 bridgehead atoms. The molecule has 1 aromatic carbocycles. The van der Waals surface area contributed by atoms with Gasteiger partial charge in [-0.05, 0) is 18.2 Å². The Labute approximate surface area is 140 Å². The predicted molar refractivity (Wildman–Crippen MR) is 89.7 cm³/mol. The molecule has 0 unspecified atom stereocenters. The van der Waals surface area contributed by atoms with Crippen LogP contribution in [0.25, 0.3) is 0 Å². The first-order valence-corrected chi connectivity index (χ1v) is 7.76. The van der Waals surface area contributed by atoms with E-state index in [9.17, 15) is 4.79 Å². The van der Waals surface area contributed by atoms with Crippen LogP contribution in [0.2, 0.25) is 0 Å². The number of hydrogen-bond acceptors (Lipinski definition) is 6. The number of carbonyl (C=O) groups excluding carboxylic acids is 1. The fourth-order valence-corrected chi connectivity index (χ4v) is 2.71. The van der Waals surface area contributed by atoms with Crippen molar-refractivity contribution in [1.82, 2.24) is 14.9 Å². The molecule has 1 saturated heterocycles. The van der Waals surface area contributed by atoms with Crippen LogP contribution in [-0.2, 0) is 0 Å². The maximum atomic E-state index is 12.8. The Balaban J connectivity index is 1.69. The molecule has 0 aliphatic carbocycles. The van der Waals surface area contributed by atoms with Gasteiger partial charge in [-0.3, -0.25) is 4.79 Å². The zero-order valence-electron chi connectivity index (χ0n) is 13.8. The number of carbonyl (C=O) groups is 1. The quantitative estimate of drug-likeness (QED) is 0.846. The molecule has 0 saturated carbocycles. The average Bonchev–Trinajstić information content (AvgIpc) is 2.67. The van der Waals surface area contributed by atoms with Crippen LogP contribution in [-0.4, -0.2) is 61.2 Å². The third-order valence-electron chi connectivity index (χ3n) is 4.04. The Bertz CT molecular complexity index is 700. The summed E-state index contributed by atoms with van der Waals surface area (Å²) in [5.74, 6) is 1.84. The summed E-state index contributed by atoms with van der Waals surface area (Å²) in [6.45, 7) is 2.64. The fourth-order valence-electron chi connectivity index (χ4n) is 2.71. The van der Waals surface area contributed by atoms with Gasteiger partial charge in [0.05, 0.1) is 19.8 Å². The van der Waals surface area contributed by atoms with E-state index in [1.54, 1.807) is 50.9 Å². The van der Waals surface area contributed by atoms with Crippen molar-refractivity contribution in [2.75, 3.05) is 45.3 Å². The third-order valence-corrected chi connectivity index (χ3v) is 4.04. The molecular formula is C17H20N4O3. The Morgan fingerprint density at radius 3 is 2.38 bits per heavy atom. The molecule has 1 aliphatic rings. The third kappa shape index (κ3) is 3.24. The van der Waals surface area contributed by atoms with Crippen LogP contribution in [0.3, 0.4) is 0 Å². The van der Waals surface area contributed by atoms with E-state index in [1.165, 1.54) is 0 Å². The highest BCUT2D eigenvalue weighted by Crippen LogP contribution is 2.26. The molecule has 7 heteroatoms. The molecule has 2 aromatic rings. The topological polar surface area (TPSA) is 67.8 Å². The molecule has 3 rings (SSSR count). The highest BCUT2D eigenvalue weighted by Gasteiger charge is 2.25. The lowest BCUT2D eigenvalue weighted by molar-refractivity contribution is 0.0743. The molecule has 1 amide bonds. The Kier molecular flexibility index (Phi) is 4.79. The molecule has 2 heterocycles. The van der Waals surface area contributed by atoms with Crippen molar-refractivity contribution >= 4 is 11.9 Å². The maximum Gasteiger partial charge on any atom is 0.257 e. The van der Waals surface area contributed by atoms with Crippen LogP contribution >= 0.6 is 0 Å². The van der Waals surface area contributed by atoms with Crippen LogP contribution in [0.15, 0.2) is 36.7 Å². The van der Waals surface area contributed by atoms with Crippen molar-refractivity contribution in [2.24, 2.45) is 0 Å². The van der Waals surface area contributed by atoms with E-state index in [1.807, 2.05) is 4.90 Å². The number of benzene rings is 1. The number of ether oxygens (including phenoxy) is 2. The van der Waals surface area contributed by atoms with Crippen LogP contribution in [0, 0.1) is 0 Å². The lowest BCUT2D eigenvalue weighted by Crippen LogP contribution is -2.49. The first kappa shape index (κ1) is 16.0. The number of aromatic nitrogens is 2. The number of hydrogen-bond donors (Lipinski definition) is 0. The molecule has 1 fully saturated rings. The summed E-state index contributed by atoms with van der Waals surface area (Å²) in [6, 6.07) is 7.02. The lowest BCUT2D eigenvalue weighted by atomic mass is 10.1. The van der Waals surface area contributed by atoms with Gasteiger partial charge in [0.2, 0.25) is 5.95 Å². The van der Waals surface area contributed by atoms with Crippen molar-refractivity contribution in [2.45, 2.75) is 0 Å². The second kappa shape index (κ2) is 7.16. The van der Waals surface area contributed by atoms with Gasteiger partial charge < -0.3 is 19.3 Å². The van der Waals surface area contributed by atoms with E-state index in [0.717, 1.165) is 0 Å². The normalized spacial score (nSPS) is 14.4. The van der Waals surface area contributed by atoms with Crippen molar-refractivity contribution in [3.05, 3.63) is 42.2 Å². The number of piperazine rings is 1. The minimum Gasteiger partial charge on any atom is -0.497 e. The largest absolute Gasteiger partial charge is 0.497 e. The van der Waals surface area contributed by atoms with Gasteiger partial charge in [0, 0.05) is 44.6 Å². The second-order valence-corrected chi connectivity index (χ2v) is 5.39. The number of amides is 1. The molecule has 0 spiro atoms. The molecule has 0 atom stereocenters. The summed E-state index contributed by atoms with van der Waals surface area (Å²) in [6.07, 6.45) is 3.45. The van der Waals surface area contributed by atoms with Gasteiger partial charge in [-0.1, -0.05) is 0 Å². The summed E-state index contributed by atoms with van der Waals surface area (Å²) >= 11 is 0. The van der Waals surface area contributed by atoms with E-state index < -0.39 is 0 Å². The van der Waals surface area contributed by atoms with Crippen LogP contribution < -0.4 is 14.4 Å². The van der Waals surface area contributed by atoms with Gasteiger partial charge >= 0.3 is 0 Å². The van der Waals surface area contributed by atoms with Crippen molar-refractivity contribution in [1.29, 1.82) is 0 Å². The van der Waals surface area contributed by atoms with E-state index in [2.05, 4.69) is 14.9 Å². The Morgan fingerprint density at radius 1 is 1.04 bits per heavy atom. The smallest absolute Gasteiger partial charge is 0.257 e. The molecule has 1 aliphatic heterocycles.